The van der Waals surface area contributed by atoms with Crippen molar-refractivity contribution in [1.82, 2.24) is 9.96 Å². The summed E-state index contributed by atoms with van der Waals surface area (Å²) >= 11 is 0. The molecule has 136 valence electrons. The van der Waals surface area contributed by atoms with Gasteiger partial charge in [0.25, 0.3) is 0 Å². The molecular weight excluding hydrogens is 324 g/mol. The van der Waals surface area contributed by atoms with Crippen LogP contribution in [0.4, 0.5) is 0 Å². The zero-order valence-corrected chi connectivity index (χ0v) is 15.7. The lowest BCUT2D eigenvalue weighted by Gasteiger charge is -2.42. The molecule has 2 heterocycles. The molecule has 0 N–H and O–H groups in total. The summed E-state index contributed by atoms with van der Waals surface area (Å²) in [4.78, 5) is 20.1. The van der Waals surface area contributed by atoms with Crippen LogP contribution in [0.15, 0.2) is 48.5 Å². The van der Waals surface area contributed by atoms with Crippen molar-refractivity contribution in [3.05, 3.63) is 59.7 Å². The highest BCUT2D eigenvalue weighted by Gasteiger charge is 2.43. The molecule has 2 aliphatic rings. The molecule has 2 aliphatic heterocycles. The second kappa shape index (κ2) is 6.86. The number of fused-ring (bicyclic) bond motifs is 1. The van der Waals surface area contributed by atoms with Crippen molar-refractivity contribution in [3.8, 4) is 11.1 Å². The van der Waals surface area contributed by atoms with E-state index in [9.17, 15) is 4.79 Å². The molecule has 0 aliphatic carbocycles. The zero-order chi connectivity index (χ0) is 18.3. The lowest BCUT2D eigenvalue weighted by Crippen LogP contribution is -2.48. The second-order valence-corrected chi connectivity index (χ2v) is 7.53. The molecule has 4 nitrogen and oxygen atoms in total. The van der Waals surface area contributed by atoms with Crippen LogP contribution in [-0.4, -0.2) is 42.1 Å². The van der Waals surface area contributed by atoms with E-state index in [1.165, 1.54) is 22.3 Å². The third kappa shape index (κ3) is 3.04. The fourth-order valence-electron chi connectivity index (χ4n) is 4.44. The maximum atomic E-state index is 12.3. The van der Waals surface area contributed by atoms with Crippen molar-refractivity contribution in [2.24, 2.45) is 5.92 Å². The number of hydrogen-bond acceptors (Lipinski definition) is 3. The topological polar surface area (TPSA) is 32.8 Å². The van der Waals surface area contributed by atoms with Gasteiger partial charge in [-0.05, 0) is 41.7 Å². The summed E-state index contributed by atoms with van der Waals surface area (Å²) in [5.41, 5.74) is 4.93. The van der Waals surface area contributed by atoms with Crippen LogP contribution in [-0.2, 0) is 9.63 Å². The van der Waals surface area contributed by atoms with Crippen LogP contribution in [0.5, 0.6) is 0 Å². The largest absolute Gasteiger partial charge is 0.335 e. The van der Waals surface area contributed by atoms with E-state index in [2.05, 4.69) is 55.5 Å². The van der Waals surface area contributed by atoms with E-state index < -0.39 is 0 Å². The summed E-state index contributed by atoms with van der Waals surface area (Å²) < 4.78 is 0. The molecule has 1 amide bonds. The third-order valence-corrected chi connectivity index (χ3v) is 5.91. The van der Waals surface area contributed by atoms with E-state index in [1.807, 2.05) is 17.0 Å². The van der Waals surface area contributed by atoms with Gasteiger partial charge in [-0.2, -0.15) is 5.06 Å². The summed E-state index contributed by atoms with van der Waals surface area (Å²) in [6.07, 6.45) is 0.915. The summed E-state index contributed by atoms with van der Waals surface area (Å²) in [6.45, 7) is 5.29. The first kappa shape index (κ1) is 17.3. The molecule has 0 aromatic heterocycles. The van der Waals surface area contributed by atoms with Gasteiger partial charge in [0.1, 0.15) is 0 Å². The van der Waals surface area contributed by atoms with E-state index >= 15 is 0 Å². The van der Waals surface area contributed by atoms with Gasteiger partial charge in [-0.25, -0.2) is 0 Å². The van der Waals surface area contributed by atoms with Crippen LogP contribution < -0.4 is 0 Å². The van der Waals surface area contributed by atoms with Gasteiger partial charge in [-0.3, -0.25) is 9.63 Å². The van der Waals surface area contributed by atoms with Crippen LogP contribution >= 0.6 is 0 Å². The number of hydroxylamine groups is 2. The Hall–Kier alpha value is -2.17. The Morgan fingerprint density at radius 2 is 1.96 bits per heavy atom. The summed E-state index contributed by atoms with van der Waals surface area (Å²) in [5, 5.41) is 1.99. The van der Waals surface area contributed by atoms with E-state index in [1.54, 1.807) is 6.92 Å². The first-order valence-corrected chi connectivity index (χ1v) is 9.33. The van der Waals surface area contributed by atoms with Crippen LogP contribution in [0.3, 0.4) is 0 Å². The van der Waals surface area contributed by atoms with Crippen LogP contribution in [0.25, 0.3) is 11.1 Å². The lowest BCUT2D eigenvalue weighted by atomic mass is 9.84. The summed E-state index contributed by atoms with van der Waals surface area (Å²) in [7, 11) is 2.01. The highest BCUT2D eigenvalue weighted by molar-refractivity contribution is 5.74. The number of aryl methyl sites for hydroxylation is 1. The molecular formula is C22H26N2O2. The van der Waals surface area contributed by atoms with Gasteiger partial charge in [0, 0.05) is 32.5 Å². The number of nitrogens with zero attached hydrogens (tertiary/aromatic N) is 2. The minimum absolute atomic E-state index is 0.0990. The lowest BCUT2D eigenvalue weighted by molar-refractivity contribution is -0.137. The average Bonchev–Trinajstić information content (AvgIpc) is 3.01. The minimum atomic E-state index is 0.0990. The van der Waals surface area contributed by atoms with Crippen LogP contribution in [0, 0.1) is 12.8 Å². The number of rotatable bonds is 2. The highest BCUT2D eigenvalue weighted by Crippen LogP contribution is 2.39. The number of carbonyl (C=O) groups is 1. The molecule has 2 fully saturated rings. The van der Waals surface area contributed by atoms with Crippen molar-refractivity contribution >= 4 is 5.91 Å². The number of carbonyl (C=O) groups excluding carboxylic acids is 1. The zero-order valence-electron chi connectivity index (χ0n) is 15.7. The van der Waals surface area contributed by atoms with Gasteiger partial charge in [0.05, 0.1) is 12.6 Å². The van der Waals surface area contributed by atoms with Crippen molar-refractivity contribution in [2.45, 2.75) is 32.4 Å². The van der Waals surface area contributed by atoms with Gasteiger partial charge in [0.15, 0.2) is 0 Å². The van der Waals surface area contributed by atoms with Crippen LogP contribution in [0.2, 0.25) is 0 Å². The highest BCUT2D eigenvalue weighted by atomic mass is 16.7. The van der Waals surface area contributed by atoms with Gasteiger partial charge >= 0.3 is 0 Å². The molecule has 2 aromatic rings. The Labute approximate surface area is 155 Å². The normalized spacial score (nSPS) is 26.0. The predicted octanol–water partition coefficient (Wildman–Crippen LogP) is 3.82. The molecule has 2 aromatic carbocycles. The molecule has 26 heavy (non-hydrogen) atoms. The first-order chi connectivity index (χ1) is 12.5. The predicted molar refractivity (Wildman–Crippen MR) is 102 cm³/mol. The smallest absolute Gasteiger partial charge is 0.219 e. The van der Waals surface area contributed by atoms with Gasteiger partial charge in [0.2, 0.25) is 5.91 Å². The summed E-state index contributed by atoms with van der Waals surface area (Å²) in [6, 6.07) is 17.6. The Morgan fingerprint density at radius 3 is 2.73 bits per heavy atom. The SMILES string of the molecule is CC(=O)N1C[C@H]2CON(C)[C@H]2C[C@H]1c1cccc(-c2ccccc2C)c1. The number of piperidine rings is 1. The number of likely N-dealkylation sites (tertiary alicyclic amines) is 1. The standard InChI is InChI=1S/C22H26N2O2/c1-15-7-4-5-10-20(15)17-8-6-9-18(11-17)22-12-21-19(14-26-23(21)3)13-24(22)16(2)25/h4-11,19,21-22H,12-14H2,1-3H3/t19-,21-,22-/m0/s1. The van der Waals surface area contributed by atoms with Crippen molar-refractivity contribution in [1.29, 1.82) is 0 Å². The number of hydrogen-bond donors (Lipinski definition) is 0. The average molecular weight is 350 g/mol. The van der Waals surface area contributed by atoms with Gasteiger partial charge < -0.3 is 4.90 Å². The second-order valence-electron chi connectivity index (χ2n) is 7.53. The molecule has 4 rings (SSSR count). The van der Waals surface area contributed by atoms with E-state index in [0.717, 1.165) is 13.0 Å². The Balaban J connectivity index is 1.70. The van der Waals surface area contributed by atoms with E-state index in [4.69, 9.17) is 4.84 Å². The maximum absolute atomic E-state index is 12.3. The van der Waals surface area contributed by atoms with E-state index in [-0.39, 0.29) is 11.9 Å². The quantitative estimate of drug-likeness (QED) is 0.825. The molecule has 4 heteroatoms. The third-order valence-electron chi connectivity index (χ3n) is 5.91. The van der Waals surface area contributed by atoms with Gasteiger partial charge in [-0.15, -0.1) is 0 Å². The van der Waals surface area contributed by atoms with Gasteiger partial charge in [-0.1, -0.05) is 42.5 Å². The number of benzene rings is 2. The molecule has 0 spiro atoms. The Morgan fingerprint density at radius 1 is 1.15 bits per heavy atom. The molecule has 0 unspecified atom stereocenters. The molecule has 3 atom stereocenters. The molecule has 0 bridgehead atoms. The van der Waals surface area contributed by atoms with E-state index in [0.29, 0.717) is 18.6 Å². The van der Waals surface area contributed by atoms with Crippen molar-refractivity contribution in [2.75, 3.05) is 20.2 Å². The minimum Gasteiger partial charge on any atom is -0.335 e. The molecule has 0 radical (unpaired) electrons. The Bertz CT molecular complexity index is 819. The molecule has 2 saturated heterocycles. The summed E-state index contributed by atoms with van der Waals surface area (Å²) in [5.74, 6) is 0.545. The van der Waals surface area contributed by atoms with Crippen molar-refractivity contribution < 1.29 is 9.63 Å². The van der Waals surface area contributed by atoms with Crippen molar-refractivity contribution in [3.63, 3.8) is 0 Å². The fourth-order valence-corrected chi connectivity index (χ4v) is 4.44. The fraction of sp³-hybridized carbons (Fsp3) is 0.409. The number of amides is 1. The first-order valence-electron chi connectivity index (χ1n) is 9.33. The Kier molecular flexibility index (Phi) is 4.55. The monoisotopic (exact) mass is 350 g/mol. The maximum Gasteiger partial charge on any atom is 0.219 e. The molecule has 0 saturated carbocycles. The van der Waals surface area contributed by atoms with Crippen LogP contribution in [0.1, 0.15) is 30.5 Å².